The molecule has 1 unspecified atom stereocenters. The van der Waals surface area contributed by atoms with Gasteiger partial charge < -0.3 is 10.0 Å². The fourth-order valence-corrected chi connectivity index (χ4v) is 2.66. The number of carbonyl (C=O) groups is 3. The average molecular weight is 353 g/mol. The van der Waals surface area contributed by atoms with E-state index in [2.05, 4.69) is 21.2 Å². The van der Waals surface area contributed by atoms with Crippen LogP contribution in [0.2, 0.25) is 0 Å². The van der Waals surface area contributed by atoms with Gasteiger partial charge in [-0.1, -0.05) is 6.07 Å². The van der Waals surface area contributed by atoms with Crippen LogP contribution in [-0.4, -0.2) is 35.5 Å². The summed E-state index contributed by atoms with van der Waals surface area (Å²) in [5.41, 5.74) is 1.41. The van der Waals surface area contributed by atoms with E-state index in [1.807, 2.05) is 0 Å². The second-order valence-corrected chi connectivity index (χ2v) is 5.45. The summed E-state index contributed by atoms with van der Waals surface area (Å²) in [6, 6.07) is 4.75. The van der Waals surface area contributed by atoms with Crippen molar-refractivity contribution in [2.75, 3.05) is 11.4 Å². The maximum Gasteiger partial charge on any atom is 0.328 e. The van der Waals surface area contributed by atoms with Crippen LogP contribution in [0.4, 0.5) is 5.69 Å². The van der Waals surface area contributed by atoms with E-state index in [-0.39, 0.29) is 18.4 Å². The lowest BCUT2D eigenvalue weighted by atomic mass is 10.1. The fourth-order valence-electron chi connectivity index (χ4n) is 2.04. The van der Waals surface area contributed by atoms with E-state index in [4.69, 9.17) is 5.11 Å². The van der Waals surface area contributed by atoms with Gasteiger partial charge in [-0.15, -0.1) is 0 Å². The third kappa shape index (κ3) is 3.49. The Morgan fingerprint density at radius 2 is 2.19 bits per heavy atom. The van der Waals surface area contributed by atoms with Crippen molar-refractivity contribution in [2.45, 2.75) is 13.0 Å². The number of carboxylic acid groups (broad SMARTS) is 1. The molecule has 0 bridgehead atoms. The standard InChI is InChI=1S/C14H13BrN2O4/c1-8-14(21)16-12(18)7-17(8)11-4-2-9(6-10(11)15)3-5-13(19)20/h2-6,8H,7H2,1H3,(H,19,20)(H,16,18,21)/b5-3+. The van der Waals surface area contributed by atoms with Gasteiger partial charge in [-0.05, 0) is 46.6 Å². The quantitative estimate of drug-likeness (QED) is 0.634. The summed E-state index contributed by atoms with van der Waals surface area (Å²) in [6.07, 6.45) is 2.51. The van der Waals surface area contributed by atoms with E-state index < -0.39 is 12.0 Å². The van der Waals surface area contributed by atoms with E-state index in [9.17, 15) is 14.4 Å². The number of halogens is 1. The molecule has 2 amide bonds. The molecule has 1 aliphatic heterocycles. The van der Waals surface area contributed by atoms with Crippen LogP contribution >= 0.6 is 15.9 Å². The van der Waals surface area contributed by atoms with Crippen LogP contribution in [0.3, 0.4) is 0 Å². The molecule has 21 heavy (non-hydrogen) atoms. The average Bonchev–Trinajstić information content (AvgIpc) is 2.41. The predicted octanol–water partition coefficient (Wildman–Crippen LogP) is 1.40. The maximum atomic E-state index is 11.7. The number of anilines is 1. The zero-order chi connectivity index (χ0) is 15.6. The Kier molecular flexibility index (Phi) is 4.42. The highest BCUT2D eigenvalue weighted by Gasteiger charge is 2.31. The summed E-state index contributed by atoms with van der Waals surface area (Å²) in [5, 5.41) is 10.9. The van der Waals surface area contributed by atoms with Gasteiger partial charge in [0.05, 0.1) is 12.2 Å². The van der Waals surface area contributed by atoms with Crippen molar-refractivity contribution in [3.8, 4) is 0 Å². The highest BCUT2D eigenvalue weighted by atomic mass is 79.9. The molecule has 2 N–H and O–H groups in total. The van der Waals surface area contributed by atoms with Gasteiger partial charge >= 0.3 is 5.97 Å². The number of nitrogens with one attached hydrogen (secondary N) is 1. The number of imide groups is 1. The summed E-state index contributed by atoms with van der Waals surface area (Å²) in [5.74, 6) is -1.71. The lowest BCUT2D eigenvalue weighted by Crippen LogP contribution is -2.57. The monoisotopic (exact) mass is 352 g/mol. The zero-order valence-electron chi connectivity index (χ0n) is 11.2. The molecule has 1 atom stereocenters. The van der Waals surface area contributed by atoms with Crippen LogP contribution in [0.1, 0.15) is 12.5 Å². The Labute approximate surface area is 129 Å². The number of carbonyl (C=O) groups excluding carboxylic acids is 2. The summed E-state index contributed by atoms with van der Waals surface area (Å²) in [6.45, 7) is 1.81. The second-order valence-electron chi connectivity index (χ2n) is 4.60. The van der Waals surface area contributed by atoms with Crippen LogP contribution in [0.5, 0.6) is 0 Å². The number of nitrogens with zero attached hydrogens (tertiary/aromatic N) is 1. The minimum Gasteiger partial charge on any atom is -0.478 e. The van der Waals surface area contributed by atoms with E-state index in [1.54, 1.807) is 30.0 Å². The molecule has 0 spiro atoms. The van der Waals surface area contributed by atoms with Crippen molar-refractivity contribution in [3.05, 3.63) is 34.3 Å². The molecule has 110 valence electrons. The molecule has 1 aliphatic rings. The first kappa shape index (κ1) is 15.2. The summed E-state index contributed by atoms with van der Waals surface area (Å²) in [7, 11) is 0. The molecule has 1 saturated heterocycles. The largest absolute Gasteiger partial charge is 0.478 e. The molecular weight excluding hydrogens is 340 g/mol. The topological polar surface area (TPSA) is 86.7 Å². The smallest absolute Gasteiger partial charge is 0.328 e. The summed E-state index contributed by atoms with van der Waals surface area (Å²) in [4.78, 5) is 35.4. The third-order valence-corrected chi connectivity index (χ3v) is 3.76. The SMILES string of the molecule is CC1C(=O)NC(=O)CN1c1ccc(/C=C/C(=O)O)cc1Br. The van der Waals surface area contributed by atoms with E-state index in [0.29, 0.717) is 15.7 Å². The lowest BCUT2D eigenvalue weighted by molar-refractivity contribution is -0.133. The number of aliphatic carboxylic acids is 1. The Morgan fingerprint density at radius 1 is 1.48 bits per heavy atom. The minimum absolute atomic E-state index is 0.0931. The van der Waals surface area contributed by atoms with Crippen LogP contribution in [-0.2, 0) is 14.4 Å². The molecule has 1 fully saturated rings. The van der Waals surface area contributed by atoms with Crippen molar-refractivity contribution in [3.63, 3.8) is 0 Å². The molecule has 0 aromatic heterocycles. The summed E-state index contributed by atoms with van der Waals surface area (Å²) >= 11 is 3.39. The number of benzene rings is 1. The van der Waals surface area contributed by atoms with Crippen molar-refractivity contribution in [2.24, 2.45) is 0 Å². The zero-order valence-corrected chi connectivity index (χ0v) is 12.8. The molecule has 7 heteroatoms. The Morgan fingerprint density at radius 3 is 2.81 bits per heavy atom. The molecule has 0 aliphatic carbocycles. The normalized spacial score (nSPS) is 19.0. The van der Waals surface area contributed by atoms with Gasteiger partial charge in [-0.2, -0.15) is 0 Å². The van der Waals surface area contributed by atoms with Gasteiger partial charge in [0.15, 0.2) is 0 Å². The fraction of sp³-hybridized carbons (Fsp3) is 0.214. The molecule has 1 aromatic rings. The van der Waals surface area contributed by atoms with Gasteiger partial charge in [0.1, 0.15) is 6.04 Å². The molecule has 2 rings (SSSR count). The first-order valence-corrected chi connectivity index (χ1v) is 6.98. The van der Waals surface area contributed by atoms with Gasteiger partial charge in [0.2, 0.25) is 11.8 Å². The number of carboxylic acids is 1. The highest BCUT2D eigenvalue weighted by molar-refractivity contribution is 9.10. The Balaban J connectivity index is 2.30. The van der Waals surface area contributed by atoms with Crippen molar-refractivity contribution in [1.29, 1.82) is 0 Å². The molecule has 1 aromatic carbocycles. The highest BCUT2D eigenvalue weighted by Crippen LogP contribution is 2.30. The number of rotatable bonds is 3. The van der Waals surface area contributed by atoms with Gasteiger partial charge in [0.25, 0.3) is 0 Å². The lowest BCUT2D eigenvalue weighted by Gasteiger charge is -2.34. The molecule has 0 saturated carbocycles. The van der Waals surface area contributed by atoms with Crippen molar-refractivity contribution < 1.29 is 19.5 Å². The number of piperazine rings is 1. The van der Waals surface area contributed by atoms with Crippen molar-refractivity contribution >= 4 is 45.5 Å². The number of hydrogen-bond donors (Lipinski definition) is 2. The first-order valence-electron chi connectivity index (χ1n) is 6.19. The third-order valence-electron chi connectivity index (χ3n) is 3.12. The minimum atomic E-state index is -1.03. The second kappa shape index (κ2) is 6.09. The maximum absolute atomic E-state index is 11.7. The summed E-state index contributed by atoms with van der Waals surface area (Å²) < 4.78 is 0.685. The van der Waals surface area contributed by atoms with Gasteiger partial charge in [-0.3, -0.25) is 14.9 Å². The van der Waals surface area contributed by atoms with Crippen molar-refractivity contribution in [1.82, 2.24) is 5.32 Å². The van der Waals surface area contributed by atoms with Crippen LogP contribution in [0, 0.1) is 0 Å². The van der Waals surface area contributed by atoms with E-state index >= 15 is 0 Å². The van der Waals surface area contributed by atoms with Crippen LogP contribution in [0.15, 0.2) is 28.7 Å². The Bertz CT molecular complexity index is 642. The van der Waals surface area contributed by atoms with Gasteiger partial charge in [-0.25, -0.2) is 4.79 Å². The predicted molar refractivity (Wildman–Crippen MR) is 80.8 cm³/mol. The van der Waals surface area contributed by atoms with Gasteiger partial charge in [0, 0.05) is 10.5 Å². The van der Waals surface area contributed by atoms with Crippen LogP contribution < -0.4 is 10.2 Å². The molecular formula is C14H13BrN2O4. The molecule has 1 heterocycles. The first-order chi connectivity index (χ1) is 9.88. The number of hydrogen-bond acceptors (Lipinski definition) is 4. The van der Waals surface area contributed by atoms with Crippen LogP contribution in [0.25, 0.3) is 6.08 Å². The van der Waals surface area contributed by atoms with E-state index in [1.165, 1.54) is 6.08 Å². The number of amides is 2. The molecule has 6 nitrogen and oxygen atoms in total. The Hall–Kier alpha value is -2.15. The molecule has 0 radical (unpaired) electrons. The van der Waals surface area contributed by atoms with E-state index in [0.717, 1.165) is 6.08 Å².